The molecular weight excluding hydrogens is 472 g/mol. The van der Waals surface area contributed by atoms with Crippen LogP contribution in [0.4, 0.5) is 5.69 Å². The van der Waals surface area contributed by atoms with Gasteiger partial charge in [-0.2, -0.15) is 0 Å². The normalized spacial score (nSPS) is 10.9. The zero-order valence-corrected chi connectivity index (χ0v) is 19.8. The van der Waals surface area contributed by atoms with Crippen molar-refractivity contribution in [1.82, 2.24) is 4.98 Å². The molecule has 0 saturated carbocycles. The molecule has 4 rings (SSSR count). The Morgan fingerprint density at radius 2 is 1.90 bits per heavy atom. The van der Waals surface area contributed by atoms with E-state index in [1.54, 1.807) is 11.3 Å². The zero-order chi connectivity index (χ0) is 21.8. The third-order valence-electron chi connectivity index (χ3n) is 4.85. The minimum absolute atomic E-state index is 0.0509. The summed E-state index contributed by atoms with van der Waals surface area (Å²) in [5.74, 6) is 0.462. The number of nitrogens with one attached hydrogen (secondary N) is 1. The smallest absolute Gasteiger partial charge is 0.262 e. The Hall–Kier alpha value is -2.70. The molecule has 0 aliphatic rings. The topological polar surface area (TPSA) is 51.2 Å². The fraction of sp³-hybridized carbons (Fsp3) is 0.200. The van der Waals surface area contributed by atoms with Crippen molar-refractivity contribution >= 4 is 49.1 Å². The maximum Gasteiger partial charge on any atom is 0.262 e. The molecule has 0 fully saturated rings. The number of aromatic nitrogens is 1. The number of anilines is 1. The van der Waals surface area contributed by atoms with Gasteiger partial charge in [-0.3, -0.25) is 4.79 Å². The van der Waals surface area contributed by atoms with Gasteiger partial charge < -0.3 is 10.1 Å². The van der Waals surface area contributed by atoms with Crippen LogP contribution in [0.15, 0.2) is 65.1 Å². The summed E-state index contributed by atoms with van der Waals surface area (Å²) in [6.07, 6.45) is 2.11. The largest absolute Gasteiger partial charge is 0.483 e. The van der Waals surface area contributed by atoms with Crippen LogP contribution in [0.3, 0.4) is 0 Å². The molecule has 1 N–H and O–H groups in total. The van der Waals surface area contributed by atoms with Crippen molar-refractivity contribution in [1.29, 1.82) is 0 Å². The van der Waals surface area contributed by atoms with Gasteiger partial charge in [0, 0.05) is 11.3 Å². The number of benzene rings is 3. The molecule has 1 heterocycles. The lowest BCUT2D eigenvalue weighted by Crippen LogP contribution is -2.20. The number of thiazole rings is 1. The lowest BCUT2D eigenvalue weighted by Gasteiger charge is -2.10. The predicted molar refractivity (Wildman–Crippen MR) is 132 cm³/mol. The Labute approximate surface area is 194 Å². The molecule has 0 radical (unpaired) electrons. The van der Waals surface area contributed by atoms with E-state index < -0.39 is 0 Å². The Balaban J connectivity index is 1.36. The first-order valence-corrected chi connectivity index (χ1v) is 11.8. The lowest BCUT2D eigenvalue weighted by molar-refractivity contribution is -0.118. The van der Waals surface area contributed by atoms with Gasteiger partial charge in [-0.1, -0.05) is 25.5 Å². The number of aryl methyl sites for hydroxylation is 2. The van der Waals surface area contributed by atoms with Crippen molar-refractivity contribution < 1.29 is 9.53 Å². The molecule has 158 valence electrons. The van der Waals surface area contributed by atoms with Gasteiger partial charge in [-0.25, -0.2) is 4.98 Å². The summed E-state index contributed by atoms with van der Waals surface area (Å²) >= 11 is 5.19. The van der Waals surface area contributed by atoms with Gasteiger partial charge in [0.1, 0.15) is 10.8 Å². The Bertz CT molecular complexity index is 1220. The van der Waals surface area contributed by atoms with Gasteiger partial charge in [-0.05, 0) is 88.9 Å². The van der Waals surface area contributed by atoms with E-state index in [1.165, 1.54) is 15.8 Å². The standard InChI is InChI=1S/C25H23BrN2O2S/c1-3-4-17-6-12-22(20(26)14-17)30-15-24(29)27-19-9-7-18(8-10-19)25-28-21-11-5-16(2)13-23(21)31-25/h5-14H,3-4,15H2,1-2H3,(H,27,29). The summed E-state index contributed by atoms with van der Waals surface area (Å²) in [6, 6.07) is 20.0. The van der Waals surface area contributed by atoms with Crippen LogP contribution in [-0.4, -0.2) is 17.5 Å². The van der Waals surface area contributed by atoms with E-state index in [9.17, 15) is 4.79 Å². The molecule has 3 aromatic carbocycles. The number of hydrogen-bond donors (Lipinski definition) is 1. The molecule has 0 atom stereocenters. The highest BCUT2D eigenvalue weighted by Gasteiger charge is 2.09. The van der Waals surface area contributed by atoms with Crippen LogP contribution in [0, 0.1) is 6.92 Å². The number of amides is 1. The Morgan fingerprint density at radius 1 is 1.10 bits per heavy atom. The zero-order valence-electron chi connectivity index (χ0n) is 17.4. The van der Waals surface area contributed by atoms with Gasteiger partial charge in [-0.15, -0.1) is 11.3 Å². The number of fused-ring (bicyclic) bond motifs is 1. The van der Waals surface area contributed by atoms with Gasteiger partial charge >= 0.3 is 0 Å². The minimum atomic E-state index is -0.201. The molecule has 1 aromatic heterocycles. The third kappa shape index (κ3) is 5.32. The predicted octanol–water partition coefficient (Wildman–Crippen LogP) is 7.00. The van der Waals surface area contributed by atoms with E-state index in [4.69, 9.17) is 9.72 Å². The van der Waals surface area contributed by atoms with Gasteiger partial charge in [0.15, 0.2) is 6.61 Å². The fourth-order valence-corrected chi connectivity index (χ4v) is 4.91. The van der Waals surface area contributed by atoms with Crippen LogP contribution in [0.5, 0.6) is 5.75 Å². The SMILES string of the molecule is CCCc1ccc(OCC(=O)Nc2ccc(-c3nc4ccc(C)cc4s3)cc2)c(Br)c1. The molecule has 0 unspecified atom stereocenters. The average molecular weight is 495 g/mol. The molecule has 6 heteroatoms. The Morgan fingerprint density at radius 3 is 2.65 bits per heavy atom. The van der Waals surface area contributed by atoms with Crippen molar-refractivity contribution in [3.63, 3.8) is 0 Å². The molecule has 4 nitrogen and oxygen atoms in total. The van der Waals surface area contributed by atoms with Crippen molar-refractivity contribution in [2.75, 3.05) is 11.9 Å². The highest BCUT2D eigenvalue weighted by atomic mass is 79.9. The number of nitrogens with zero attached hydrogens (tertiary/aromatic N) is 1. The van der Waals surface area contributed by atoms with Crippen molar-refractivity contribution in [2.24, 2.45) is 0 Å². The Kier molecular flexibility index (Phi) is 6.68. The quantitative estimate of drug-likeness (QED) is 0.300. The molecule has 0 bridgehead atoms. The summed E-state index contributed by atoms with van der Waals surface area (Å²) in [4.78, 5) is 17.0. The van der Waals surface area contributed by atoms with E-state index in [2.05, 4.69) is 53.3 Å². The van der Waals surface area contributed by atoms with E-state index in [0.717, 1.165) is 39.1 Å². The maximum absolute atomic E-state index is 12.3. The minimum Gasteiger partial charge on any atom is -0.483 e. The first-order chi connectivity index (χ1) is 15.0. The summed E-state index contributed by atoms with van der Waals surface area (Å²) in [5, 5.41) is 3.85. The second-order valence-electron chi connectivity index (χ2n) is 7.42. The molecule has 0 aliphatic heterocycles. The average Bonchev–Trinajstić information content (AvgIpc) is 3.17. The molecule has 0 spiro atoms. The van der Waals surface area contributed by atoms with Crippen molar-refractivity contribution in [2.45, 2.75) is 26.7 Å². The van der Waals surface area contributed by atoms with Gasteiger partial charge in [0.25, 0.3) is 5.91 Å². The molecule has 4 aromatic rings. The number of halogens is 1. The second-order valence-corrected chi connectivity index (χ2v) is 9.30. The highest BCUT2D eigenvalue weighted by molar-refractivity contribution is 9.10. The first kappa shape index (κ1) is 21.5. The summed E-state index contributed by atoms with van der Waals surface area (Å²) in [7, 11) is 0. The summed E-state index contributed by atoms with van der Waals surface area (Å²) < 4.78 is 7.71. The van der Waals surface area contributed by atoms with Crippen LogP contribution < -0.4 is 10.1 Å². The van der Waals surface area contributed by atoms with Crippen LogP contribution in [0.1, 0.15) is 24.5 Å². The fourth-order valence-electron chi connectivity index (χ4n) is 3.30. The molecule has 1 amide bonds. The van der Waals surface area contributed by atoms with Crippen LogP contribution >= 0.6 is 27.3 Å². The summed E-state index contributed by atoms with van der Waals surface area (Å²) in [5.41, 5.74) is 5.24. The lowest BCUT2D eigenvalue weighted by atomic mass is 10.1. The number of rotatable bonds is 7. The number of carbonyl (C=O) groups is 1. The van der Waals surface area contributed by atoms with E-state index in [1.807, 2.05) is 42.5 Å². The molecular formula is C25H23BrN2O2S. The maximum atomic E-state index is 12.3. The number of ether oxygens (including phenoxy) is 1. The van der Waals surface area contributed by atoms with E-state index >= 15 is 0 Å². The van der Waals surface area contributed by atoms with Crippen LogP contribution in [0.2, 0.25) is 0 Å². The van der Waals surface area contributed by atoms with E-state index in [-0.39, 0.29) is 12.5 Å². The van der Waals surface area contributed by atoms with Crippen LogP contribution in [-0.2, 0) is 11.2 Å². The van der Waals surface area contributed by atoms with Crippen molar-refractivity contribution in [3.05, 3.63) is 76.3 Å². The molecule has 0 aliphatic carbocycles. The molecule has 31 heavy (non-hydrogen) atoms. The highest BCUT2D eigenvalue weighted by Crippen LogP contribution is 2.31. The summed E-state index contributed by atoms with van der Waals surface area (Å²) in [6.45, 7) is 4.18. The monoisotopic (exact) mass is 494 g/mol. The molecule has 0 saturated heterocycles. The number of carbonyl (C=O) groups excluding carboxylic acids is 1. The van der Waals surface area contributed by atoms with Gasteiger partial charge in [0.05, 0.1) is 14.7 Å². The second kappa shape index (κ2) is 9.62. The van der Waals surface area contributed by atoms with Crippen molar-refractivity contribution in [3.8, 4) is 16.3 Å². The van der Waals surface area contributed by atoms with Crippen LogP contribution in [0.25, 0.3) is 20.8 Å². The third-order valence-corrected chi connectivity index (χ3v) is 6.54. The number of hydrogen-bond acceptors (Lipinski definition) is 4. The first-order valence-electron chi connectivity index (χ1n) is 10.2. The van der Waals surface area contributed by atoms with Gasteiger partial charge in [0.2, 0.25) is 0 Å². The van der Waals surface area contributed by atoms with E-state index in [0.29, 0.717) is 5.75 Å².